The first-order valence-corrected chi connectivity index (χ1v) is 10.6. The van der Waals surface area contributed by atoms with Crippen molar-refractivity contribution in [3.8, 4) is 0 Å². The third kappa shape index (κ3) is 5.69. The van der Waals surface area contributed by atoms with Crippen molar-refractivity contribution in [2.75, 3.05) is 45.8 Å². The highest BCUT2D eigenvalue weighted by molar-refractivity contribution is 7.10. The Morgan fingerprint density at radius 2 is 2.12 bits per heavy atom. The molecule has 2 unspecified atom stereocenters. The van der Waals surface area contributed by atoms with Crippen LogP contribution in [0.5, 0.6) is 0 Å². The molecule has 2 aliphatic rings. The first kappa shape index (κ1) is 18.7. The van der Waals surface area contributed by atoms with Crippen molar-refractivity contribution < 1.29 is 4.79 Å². The number of carbonyl (C=O) groups is 1. The van der Waals surface area contributed by atoms with Crippen LogP contribution in [0.1, 0.15) is 43.5 Å². The van der Waals surface area contributed by atoms with Crippen LogP contribution in [-0.4, -0.2) is 61.6 Å². The number of hydrogen-bond acceptors (Lipinski definition) is 4. The smallest absolute Gasteiger partial charge is 0.314 e. The maximum atomic E-state index is 12.2. The molecule has 2 aliphatic heterocycles. The summed E-state index contributed by atoms with van der Waals surface area (Å²) in [4.78, 5) is 18.5. The molecule has 2 atom stereocenters. The Balaban J connectivity index is 1.39. The molecule has 140 valence electrons. The van der Waals surface area contributed by atoms with Crippen LogP contribution in [0.15, 0.2) is 17.5 Å². The van der Waals surface area contributed by atoms with Gasteiger partial charge in [-0.2, -0.15) is 0 Å². The molecule has 0 saturated carbocycles. The Hall–Kier alpha value is -1.11. The summed E-state index contributed by atoms with van der Waals surface area (Å²) >= 11 is 1.79. The molecule has 1 aromatic rings. The van der Waals surface area contributed by atoms with E-state index in [1.807, 2.05) is 0 Å². The molecule has 1 aromatic heterocycles. The van der Waals surface area contributed by atoms with Crippen molar-refractivity contribution in [2.24, 2.45) is 5.92 Å². The van der Waals surface area contributed by atoms with Crippen LogP contribution in [0.2, 0.25) is 0 Å². The van der Waals surface area contributed by atoms with E-state index in [0.717, 1.165) is 32.1 Å². The minimum absolute atomic E-state index is 0.0363. The number of thiophene rings is 1. The molecule has 2 amide bonds. The summed E-state index contributed by atoms with van der Waals surface area (Å²) in [6.07, 6.45) is 5.15. The van der Waals surface area contributed by atoms with E-state index < -0.39 is 0 Å². The van der Waals surface area contributed by atoms with Gasteiger partial charge < -0.3 is 15.5 Å². The van der Waals surface area contributed by atoms with Crippen molar-refractivity contribution in [3.05, 3.63) is 22.4 Å². The minimum atomic E-state index is -0.0363. The van der Waals surface area contributed by atoms with Crippen LogP contribution < -0.4 is 10.6 Å². The molecule has 3 rings (SSSR count). The summed E-state index contributed by atoms with van der Waals surface area (Å²) in [6, 6.07) is 4.56. The van der Waals surface area contributed by atoms with Gasteiger partial charge >= 0.3 is 6.03 Å². The van der Waals surface area contributed by atoms with Crippen LogP contribution in [0.25, 0.3) is 0 Å². The minimum Gasteiger partial charge on any atom is -0.337 e. The lowest BCUT2D eigenvalue weighted by molar-refractivity contribution is 0.183. The Morgan fingerprint density at radius 3 is 2.84 bits per heavy atom. The standard InChI is InChI=1S/C19H32N4OS/c1-16-6-4-9-22(15-16)12-8-20-19(24)21-14-17(18-7-5-13-25-18)23-10-2-3-11-23/h5,7,13,16-17H,2-4,6,8-12,14-15H2,1H3,(H2,20,21,24). The Bertz CT molecular complexity index is 516. The number of likely N-dealkylation sites (tertiary alicyclic amines) is 2. The molecule has 0 radical (unpaired) electrons. The molecular formula is C19H32N4OS. The number of nitrogens with zero attached hydrogens (tertiary/aromatic N) is 2. The Morgan fingerprint density at radius 1 is 1.28 bits per heavy atom. The zero-order chi connectivity index (χ0) is 17.5. The summed E-state index contributed by atoms with van der Waals surface area (Å²) in [5.41, 5.74) is 0. The third-order valence-corrected chi connectivity index (χ3v) is 6.34. The van der Waals surface area contributed by atoms with Crippen LogP contribution in [0.3, 0.4) is 0 Å². The van der Waals surface area contributed by atoms with Crippen LogP contribution in [0, 0.1) is 5.92 Å². The SMILES string of the molecule is CC1CCCN(CCNC(=O)NCC(c2cccs2)N2CCCC2)C1. The molecule has 2 N–H and O–H groups in total. The van der Waals surface area contributed by atoms with Gasteiger partial charge in [0, 0.05) is 31.1 Å². The first-order chi connectivity index (χ1) is 12.2. The molecule has 0 aliphatic carbocycles. The molecule has 25 heavy (non-hydrogen) atoms. The van der Waals surface area contributed by atoms with Crippen molar-refractivity contribution in [1.29, 1.82) is 0 Å². The quantitative estimate of drug-likeness (QED) is 0.782. The second-order valence-corrected chi connectivity index (χ2v) is 8.44. The van der Waals surface area contributed by atoms with Crippen molar-refractivity contribution >= 4 is 17.4 Å². The van der Waals surface area contributed by atoms with Gasteiger partial charge in [-0.05, 0) is 62.7 Å². The number of nitrogens with one attached hydrogen (secondary N) is 2. The normalized spacial score (nSPS) is 23.5. The van der Waals surface area contributed by atoms with E-state index in [-0.39, 0.29) is 6.03 Å². The topological polar surface area (TPSA) is 47.6 Å². The molecule has 0 spiro atoms. The highest BCUT2D eigenvalue weighted by Crippen LogP contribution is 2.27. The first-order valence-electron chi connectivity index (χ1n) is 9.74. The van der Waals surface area contributed by atoms with E-state index in [0.29, 0.717) is 12.6 Å². The maximum Gasteiger partial charge on any atom is 0.314 e. The summed E-state index contributed by atoms with van der Waals surface area (Å²) in [5.74, 6) is 0.787. The molecule has 0 aromatic carbocycles. The fraction of sp³-hybridized carbons (Fsp3) is 0.737. The van der Waals surface area contributed by atoms with Gasteiger partial charge in [0.25, 0.3) is 0 Å². The number of carbonyl (C=O) groups excluding carboxylic acids is 1. The van der Waals surface area contributed by atoms with Crippen molar-refractivity contribution in [2.45, 2.75) is 38.6 Å². The van der Waals surface area contributed by atoms with Gasteiger partial charge in [-0.15, -0.1) is 11.3 Å². The number of hydrogen-bond donors (Lipinski definition) is 2. The molecule has 3 heterocycles. The van der Waals surface area contributed by atoms with Crippen LogP contribution in [-0.2, 0) is 0 Å². The summed E-state index contributed by atoms with van der Waals surface area (Å²) in [7, 11) is 0. The van der Waals surface area contributed by atoms with E-state index in [4.69, 9.17) is 0 Å². The average Bonchev–Trinajstić information content (AvgIpc) is 3.29. The van der Waals surface area contributed by atoms with Crippen molar-refractivity contribution in [3.63, 3.8) is 0 Å². The second kappa shape index (κ2) is 9.55. The summed E-state index contributed by atoms with van der Waals surface area (Å²) in [5, 5.41) is 8.24. The molecule has 6 heteroatoms. The monoisotopic (exact) mass is 364 g/mol. The highest BCUT2D eigenvalue weighted by Gasteiger charge is 2.24. The van der Waals surface area contributed by atoms with E-state index >= 15 is 0 Å². The van der Waals surface area contributed by atoms with Crippen LogP contribution in [0.4, 0.5) is 4.79 Å². The van der Waals surface area contributed by atoms with Gasteiger partial charge in [-0.1, -0.05) is 13.0 Å². The number of amides is 2. The predicted molar refractivity (Wildman–Crippen MR) is 104 cm³/mol. The van der Waals surface area contributed by atoms with E-state index in [2.05, 4.69) is 44.9 Å². The molecule has 0 bridgehead atoms. The molecular weight excluding hydrogens is 332 g/mol. The zero-order valence-electron chi connectivity index (χ0n) is 15.4. The van der Waals surface area contributed by atoms with Gasteiger partial charge in [-0.25, -0.2) is 4.79 Å². The van der Waals surface area contributed by atoms with Gasteiger partial charge in [0.05, 0.1) is 6.04 Å². The van der Waals surface area contributed by atoms with Gasteiger partial charge in [-0.3, -0.25) is 4.90 Å². The molecule has 2 saturated heterocycles. The van der Waals surface area contributed by atoms with E-state index in [1.165, 1.54) is 43.6 Å². The second-order valence-electron chi connectivity index (χ2n) is 7.46. The lowest BCUT2D eigenvalue weighted by Gasteiger charge is -2.30. The number of urea groups is 1. The number of piperidine rings is 1. The fourth-order valence-electron chi connectivity index (χ4n) is 4.01. The van der Waals surface area contributed by atoms with Gasteiger partial charge in [0.2, 0.25) is 0 Å². The average molecular weight is 365 g/mol. The lowest BCUT2D eigenvalue weighted by atomic mass is 10.0. The summed E-state index contributed by atoms with van der Waals surface area (Å²) < 4.78 is 0. The largest absolute Gasteiger partial charge is 0.337 e. The lowest BCUT2D eigenvalue weighted by Crippen LogP contribution is -2.45. The Kier molecular flexibility index (Phi) is 7.13. The highest BCUT2D eigenvalue weighted by atomic mass is 32.1. The van der Waals surface area contributed by atoms with Gasteiger partial charge in [0.1, 0.15) is 0 Å². The van der Waals surface area contributed by atoms with E-state index in [9.17, 15) is 4.79 Å². The number of rotatable bonds is 7. The predicted octanol–water partition coefficient (Wildman–Crippen LogP) is 2.92. The van der Waals surface area contributed by atoms with Crippen LogP contribution >= 0.6 is 11.3 Å². The van der Waals surface area contributed by atoms with Crippen molar-refractivity contribution in [1.82, 2.24) is 20.4 Å². The fourth-order valence-corrected chi connectivity index (χ4v) is 4.87. The maximum absolute atomic E-state index is 12.2. The molecule has 2 fully saturated rings. The van der Waals surface area contributed by atoms with E-state index in [1.54, 1.807) is 11.3 Å². The zero-order valence-corrected chi connectivity index (χ0v) is 16.2. The molecule has 5 nitrogen and oxygen atoms in total. The van der Waals surface area contributed by atoms with Gasteiger partial charge in [0.15, 0.2) is 0 Å². The summed E-state index contributed by atoms with van der Waals surface area (Å²) in [6.45, 7) is 9.30. The third-order valence-electron chi connectivity index (χ3n) is 5.36. The Labute approximate surface area is 155 Å².